The molecule has 5 nitrogen and oxygen atoms in total. The summed E-state index contributed by atoms with van der Waals surface area (Å²) in [5.74, 6) is 0.773. The summed E-state index contributed by atoms with van der Waals surface area (Å²) in [6, 6.07) is 17.0. The summed E-state index contributed by atoms with van der Waals surface area (Å²) in [5.41, 5.74) is 1.79. The van der Waals surface area contributed by atoms with E-state index < -0.39 is 6.16 Å². The molecule has 7 heteroatoms. The van der Waals surface area contributed by atoms with Gasteiger partial charge in [-0.25, -0.2) is 0 Å². The van der Waals surface area contributed by atoms with Gasteiger partial charge in [0.2, 0.25) is 0 Å². The SMILES string of the molecule is O=C([O-])[O-].O=Cc1ccc(OCc2ccccc2)cc1.[K+].[K+]. The molecule has 0 unspecified atom stereocenters. The number of carbonyl (C=O) groups is 2. The first kappa shape index (κ1) is 24.7. The molecule has 0 saturated carbocycles. The van der Waals surface area contributed by atoms with E-state index in [1.165, 1.54) is 0 Å². The third-order valence-corrected chi connectivity index (χ3v) is 2.26. The standard InChI is InChI=1S/C14H12O2.CH2O3.2K/c15-10-12-6-8-14(9-7-12)16-11-13-4-2-1-3-5-13;2-1(3)4;;/h1-10H,11H2;(H2,2,3,4);;/q;;2*+1/p-2. The molecule has 0 aromatic heterocycles. The maximum absolute atomic E-state index is 10.5. The smallest absolute Gasteiger partial charge is 0.652 e. The van der Waals surface area contributed by atoms with E-state index in [9.17, 15) is 4.79 Å². The molecular weight excluding hydrogens is 338 g/mol. The molecular formula is C15H12K2O5. The van der Waals surface area contributed by atoms with Crippen LogP contribution in [0.4, 0.5) is 4.79 Å². The Hall–Kier alpha value is 0.453. The van der Waals surface area contributed by atoms with E-state index in [1.54, 1.807) is 24.3 Å². The van der Waals surface area contributed by atoms with Crippen molar-refractivity contribution >= 4 is 12.4 Å². The number of aldehydes is 1. The van der Waals surface area contributed by atoms with Gasteiger partial charge in [-0.05, 0) is 36.0 Å². The molecule has 2 aromatic rings. The van der Waals surface area contributed by atoms with Gasteiger partial charge in [-0.1, -0.05) is 30.3 Å². The van der Waals surface area contributed by atoms with Gasteiger partial charge in [0.1, 0.15) is 18.6 Å². The summed E-state index contributed by atoms with van der Waals surface area (Å²) < 4.78 is 5.58. The van der Waals surface area contributed by atoms with Gasteiger partial charge in [-0.15, -0.1) is 0 Å². The molecule has 0 atom stereocenters. The van der Waals surface area contributed by atoms with E-state index in [-0.39, 0.29) is 103 Å². The van der Waals surface area contributed by atoms with Crippen LogP contribution in [0.2, 0.25) is 0 Å². The maximum Gasteiger partial charge on any atom is 1.00 e. The Morgan fingerprint density at radius 3 is 1.91 bits per heavy atom. The van der Waals surface area contributed by atoms with Gasteiger partial charge in [0, 0.05) is 5.56 Å². The molecule has 0 radical (unpaired) electrons. The van der Waals surface area contributed by atoms with Crippen LogP contribution in [-0.4, -0.2) is 12.4 Å². The maximum atomic E-state index is 10.5. The molecule has 0 fully saturated rings. The van der Waals surface area contributed by atoms with Gasteiger partial charge in [-0.3, -0.25) is 4.79 Å². The molecule has 2 rings (SSSR count). The molecule has 104 valence electrons. The van der Waals surface area contributed by atoms with Crippen LogP contribution in [0.15, 0.2) is 54.6 Å². The number of carbonyl (C=O) groups excluding carboxylic acids is 2. The average Bonchev–Trinajstić information content (AvgIpc) is 2.46. The number of hydrogen-bond acceptors (Lipinski definition) is 5. The Kier molecular flexibility index (Phi) is 16.9. The van der Waals surface area contributed by atoms with Crippen molar-refractivity contribution in [2.45, 2.75) is 6.61 Å². The van der Waals surface area contributed by atoms with Gasteiger partial charge in [0.05, 0.1) is 0 Å². The van der Waals surface area contributed by atoms with Crippen LogP contribution in [0.1, 0.15) is 15.9 Å². The fourth-order valence-electron chi connectivity index (χ4n) is 1.38. The summed E-state index contributed by atoms with van der Waals surface area (Å²) in [7, 11) is 0. The Morgan fingerprint density at radius 2 is 1.45 bits per heavy atom. The quantitative estimate of drug-likeness (QED) is 0.406. The molecule has 0 amide bonds. The van der Waals surface area contributed by atoms with Gasteiger partial charge in [0.15, 0.2) is 0 Å². The van der Waals surface area contributed by atoms with Crippen LogP contribution in [0.5, 0.6) is 5.75 Å². The molecule has 2 aromatic carbocycles. The molecule has 0 bridgehead atoms. The first-order chi connectivity index (χ1) is 9.61. The zero-order valence-electron chi connectivity index (χ0n) is 12.5. The van der Waals surface area contributed by atoms with Crippen molar-refractivity contribution in [3.8, 4) is 5.75 Å². The second-order valence-electron chi connectivity index (χ2n) is 3.71. The van der Waals surface area contributed by atoms with Crippen molar-refractivity contribution in [2.75, 3.05) is 0 Å². The molecule has 0 heterocycles. The fraction of sp³-hybridized carbons (Fsp3) is 0.0667. The van der Waals surface area contributed by atoms with E-state index in [0.717, 1.165) is 17.6 Å². The Bertz CT molecular complexity index is 540. The van der Waals surface area contributed by atoms with Crippen molar-refractivity contribution in [2.24, 2.45) is 0 Å². The van der Waals surface area contributed by atoms with Gasteiger partial charge < -0.3 is 19.7 Å². The molecule has 0 aliphatic rings. The van der Waals surface area contributed by atoms with Gasteiger partial charge >= 0.3 is 103 Å². The Balaban J connectivity index is 0. The molecule has 22 heavy (non-hydrogen) atoms. The van der Waals surface area contributed by atoms with Crippen LogP contribution in [0, 0.1) is 0 Å². The van der Waals surface area contributed by atoms with Crippen LogP contribution in [0.3, 0.4) is 0 Å². The minimum Gasteiger partial charge on any atom is -0.652 e. The molecule has 0 N–H and O–H groups in total. The molecule has 0 saturated heterocycles. The van der Waals surface area contributed by atoms with E-state index in [0.29, 0.717) is 12.2 Å². The second-order valence-corrected chi connectivity index (χ2v) is 3.71. The summed E-state index contributed by atoms with van der Waals surface area (Å²) in [6.45, 7) is 0.543. The van der Waals surface area contributed by atoms with Crippen molar-refractivity contribution in [1.82, 2.24) is 0 Å². The second kappa shape index (κ2) is 15.0. The minimum atomic E-state index is -2.33. The number of benzene rings is 2. The Labute approximate surface area is 213 Å². The van der Waals surface area contributed by atoms with Crippen LogP contribution in [-0.2, 0) is 6.61 Å². The summed E-state index contributed by atoms with van der Waals surface area (Å²) >= 11 is 0. The zero-order chi connectivity index (χ0) is 14.8. The average molecular weight is 350 g/mol. The third-order valence-electron chi connectivity index (χ3n) is 2.26. The first-order valence-electron chi connectivity index (χ1n) is 5.72. The topological polar surface area (TPSA) is 89.5 Å². The van der Waals surface area contributed by atoms with E-state index >= 15 is 0 Å². The van der Waals surface area contributed by atoms with Crippen molar-refractivity contribution in [1.29, 1.82) is 0 Å². The van der Waals surface area contributed by atoms with Crippen LogP contribution < -0.4 is 118 Å². The van der Waals surface area contributed by atoms with Crippen LogP contribution >= 0.6 is 0 Å². The summed E-state index contributed by atoms with van der Waals surface area (Å²) in [5, 5.41) is 16.7. The van der Waals surface area contributed by atoms with E-state index in [1.807, 2.05) is 30.3 Å². The van der Waals surface area contributed by atoms with Gasteiger partial charge in [-0.2, -0.15) is 0 Å². The minimum absolute atomic E-state index is 0. The first-order valence-corrected chi connectivity index (χ1v) is 5.72. The van der Waals surface area contributed by atoms with Crippen LogP contribution in [0.25, 0.3) is 0 Å². The van der Waals surface area contributed by atoms with Crippen molar-refractivity contribution in [3.63, 3.8) is 0 Å². The number of ether oxygens (including phenoxy) is 1. The monoisotopic (exact) mass is 350 g/mol. The predicted molar refractivity (Wildman–Crippen MR) is 68.0 cm³/mol. The third kappa shape index (κ3) is 11.9. The van der Waals surface area contributed by atoms with Crippen molar-refractivity contribution in [3.05, 3.63) is 65.7 Å². The Morgan fingerprint density at radius 1 is 0.955 bits per heavy atom. The number of hydrogen-bond donors (Lipinski definition) is 0. The largest absolute Gasteiger partial charge is 1.00 e. The zero-order valence-corrected chi connectivity index (χ0v) is 18.8. The number of rotatable bonds is 4. The molecule has 0 spiro atoms. The summed E-state index contributed by atoms with van der Waals surface area (Å²) in [4.78, 5) is 18.8. The van der Waals surface area contributed by atoms with E-state index in [4.69, 9.17) is 19.7 Å². The molecule has 0 aliphatic heterocycles. The van der Waals surface area contributed by atoms with E-state index in [2.05, 4.69) is 0 Å². The predicted octanol–water partition coefficient (Wildman–Crippen LogP) is -5.36. The van der Waals surface area contributed by atoms with Crippen molar-refractivity contribution < 1.29 is 127 Å². The molecule has 0 aliphatic carbocycles. The normalized spacial score (nSPS) is 8.18. The summed E-state index contributed by atoms with van der Waals surface area (Å²) in [6.07, 6.45) is -1.51. The number of carboxylic acid groups (broad SMARTS) is 2. The van der Waals surface area contributed by atoms with Gasteiger partial charge in [0.25, 0.3) is 0 Å². The fourth-order valence-corrected chi connectivity index (χ4v) is 1.38.